The predicted molar refractivity (Wildman–Crippen MR) is 95.5 cm³/mol. The van der Waals surface area contributed by atoms with Gasteiger partial charge in [0.05, 0.1) is 22.0 Å². The molecule has 3 N–H and O–H groups in total. The van der Waals surface area contributed by atoms with Gasteiger partial charge in [-0.2, -0.15) is 0 Å². The van der Waals surface area contributed by atoms with E-state index in [9.17, 15) is 4.79 Å². The second-order valence-corrected chi connectivity index (χ2v) is 7.84. The van der Waals surface area contributed by atoms with E-state index in [-0.39, 0.29) is 23.2 Å². The summed E-state index contributed by atoms with van der Waals surface area (Å²) in [5, 5.41) is 12.1. The number of aliphatic hydroxyl groups is 1. The monoisotopic (exact) mass is 335 g/mol. The van der Waals surface area contributed by atoms with Crippen LogP contribution in [0, 0.1) is 5.41 Å². The van der Waals surface area contributed by atoms with E-state index in [1.54, 1.807) is 11.8 Å². The van der Waals surface area contributed by atoms with Gasteiger partial charge in [0.2, 0.25) is 5.91 Å². The Kier molecular flexibility index (Phi) is 6.07. The summed E-state index contributed by atoms with van der Waals surface area (Å²) < 4.78 is 0. The molecule has 1 aromatic heterocycles. The fraction of sp³-hybridized carbons (Fsp3) is 0.529. The maximum Gasteiger partial charge on any atom is 0.230 e. The Labute approximate surface area is 141 Å². The lowest BCUT2D eigenvalue weighted by atomic mass is 9.90. The van der Waals surface area contributed by atoms with Gasteiger partial charge in [-0.05, 0) is 30.9 Å². The number of fused-ring (bicyclic) bond motifs is 1. The van der Waals surface area contributed by atoms with Crippen LogP contribution >= 0.6 is 11.8 Å². The highest BCUT2D eigenvalue weighted by Gasteiger charge is 2.19. The number of H-pyrrole nitrogens is 1. The van der Waals surface area contributed by atoms with Crippen LogP contribution in [0.1, 0.15) is 38.3 Å². The van der Waals surface area contributed by atoms with Crippen molar-refractivity contribution in [3.05, 3.63) is 30.1 Å². The van der Waals surface area contributed by atoms with Crippen LogP contribution in [0.2, 0.25) is 0 Å². The number of aromatic amines is 1. The van der Waals surface area contributed by atoms with Crippen LogP contribution in [0.4, 0.5) is 0 Å². The van der Waals surface area contributed by atoms with Crippen LogP contribution in [-0.4, -0.2) is 39.9 Å². The highest BCUT2D eigenvalue weighted by Crippen LogP contribution is 2.27. The standard InChI is InChI=1S/C17H25N3O2S/c1-12(16-19-13-6-4-5-7-14(13)20-16)23-10-15(22)18-11-17(2,3)8-9-21/h4-7,12,21H,8-11H2,1-3H3,(H,18,22)(H,19,20). The number of nitrogens with one attached hydrogen (secondary N) is 2. The third-order valence-corrected chi connectivity index (χ3v) is 4.96. The fourth-order valence-corrected chi connectivity index (χ4v) is 3.00. The van der Waals surface area contributed by atoms with E-state index < -0.39 is 0 Å². The molecule has 1 amide bonds. The Morgan fingerprint density at radius 3 is 2.87 bits per heavy atom. The molecule has 0 aliphatic heterocycles. The lowest BCUT2D eigenvalue weighted by Gasteiger charge is -2.23. The number of hydrogen-bond donors (Lipinski definition) is 3. The molecule has 0 aliphatic rings. The topological polar surface area (TPSA) is 78.0 Å². The van der Waals surface area contributed by atoms with Crippen molar-refractivity contribution in [1.29, 1.82) is 0 Å². The number of imidazole rings is 1. The number of aromatic nitrogens is 2. The molecule has 1 atom stereocenters. The molecule has 23 heavy (non-hydrogen) atoms. The number of carbonyl (C=O) groups excluding carboxylic acids is 1. The highest BCUT2D eigenvalue weighted by atomic mass is 32.2. The van der Waals surface area contributed by atoms with E-state index in [1.165, 1.54) is 0 Å². The SMILES string of the molecule is CC(SCC(=O)NCC(C)(C)CCO)c1nc2ccccc2[nH]1. The summed E-state index contributed by atoms with van der Waals surface area (Å²) in [6.45, 7) is 6.83. The number of nitrogens with zero attached hydrogens (tertiary/aromatic N) is 1. The largest absolute Gasteiger partial charge is 0.396 e. The van der Waals surface area contributed by atoms with Gasteiger partial charge in [-0.3, -0.25) is 4.79 Å². The summed E-state index contributed by atoms with van der Waals surface area (Å²) in [7, 11) is 0. The molecule has 0 bridgehead atoms. The molecule has 0 aliphatic carbocycles. The average molecular weight is 335 g/mol. The van der Waals surface area contributed by atoms with Crippen molar-refractivity contribution in [1.82, 2.24) is 15.3 Å². The maximum absolute atomic E-state index is 12.0. The van der Waals surface area contributed by atoms with Gasteiger partial charge >= 0.3 is 0 Å². The van der Waals surface area contributed by atoms with Crippen LogP contribution in [0.15, 0.2) is 24.3 Å². The first-order valence-electron chi connectivity index (χ1n) is 7.85. The van der Waals surface area contributed by atoms with Crippen LogP contribution in [-0.2, 0) is 4.79 Å². The Morgan fingerprint density at radius 2 is 2.17 bits per heavy atom. The lowest BCUT2D eigenvalue weighted by Crippen LogP contribution is -2.35. The van der Waals surface area contributed by atoms with Crippen LogP contribution in [0.3, 0.4) is 0 Å². The van der Waals surface area contributed by atoms with Gasteiger partial charge in [-0.1, -0.05) is 26.0 Å². The first-order valence-corrected chi connectivity index (χ1v) is 8.90. The Balaban J connectivity index is 1.81. The predicted octanol–water partition coefficient (Wildman–Crippen LogP) is 2.88. The van der Waals surface area contributed by atoms with Crippen molar-refractivity contribution in [3.8, 4) is 0 Å². The van der Waals surface area contributed by atoms with Crippen molar-refractivity contribution in [3.63, 3.8) is 0 Å². The first-order chi connectivity index (χ1) is 10.9. The molecule has 6 heteroatoms. The number of amides is 1. The van der Waals surface area contributed by atoms with Gasteiger partial charge in [0, 0.05) is 13.2 Å². The molecular formula is C17H25N3O2S. The minimum Gasteiger partial charge on any atom is -0.396 e. The zero-order valence-electron chi connectivity index (χ0n) is 13.9. The van der Waals surface area contributed by atoms with E-state index in [0.29, 0.717) is 18.7 Å². The minimum atomic E-state index is -0.0839. The van der Waals surface area contributed by atoms with Gasteiger partial charge in [-0.25, -0.2) is 4.98 Å². The quantitative estimate of drug-likeness (QED) is 0.693. The molecule has 126 valence electrons. The van der Waals surface area contributed by atoms with Crippen LogP contribution in [0.5, 0.6) is 0 Å². The molecule has 2 rings (SSSR count). The van der Waals surface area contributed by atoms with Crippen LogP contribution < -0.4 is 5.32 Å². The summed E-state index contributed by atoms with van der Waals surface area (Å²) >= 11 is 1.56. The van der Waals surface area contributed by atoms with E-state index in [1.807, 2.05) is 45.0 Å². The number of thioether (sulfide) groups is 1. The molecule has 0 fully saturated rings. The summed E-state index contributed by atoms with van der Waals surface area (Å²) in [5.74, 6) is 1.31. The summed E-state index contributed by atoms with van der Waals surface area (Å²) in [6, 6.07) is 7.91. The number of rotatable bonds is 8. The molecule has 0 saturated heterocycles. The molecule has 1 aromatic carbocycles. The van der Waals surface area contributed by atoms with Gasteiger partial charge in [0.1, 0.15) is 5.82 Å². The van der Waals surface area contributed by atoms with Crippen LogP contribution in [0.25, 0.3) is 11.0 Å². The normalized spacial score (nSPS) is 13.2. The fourth-order valence-electron chi connectivity index (χ4n) is 2.22. The van der Waals surface area contributed by atoms with E-state index in [0.717, 1.165) is 16.9 Å². The van der Waals surface area contributed by atoms with Crippen molar-refractivity contribution < 1.29 is 9.90 Å². The number of hydrogen-bond acceptors (Lipinski definition) is 4. The molecule has 0 radical (unpaired) electrons. The molecule has 5 nitrogen and oxygen atoms in total. The molecular weight excluding hydrogens is 310 g/mol. The van der Waals surface area contributed by atoms with Crippen molar-refractivity contribution in [2.45, 2.75) is 32.4 Å². The van der Waals surface area contributed by atoms with Crippen molar-refractivity contribution in [2.24, 2.45) is 5.41 Å². The number of carbonyl (C=O) groups is 1. The highest BCUT2D eigenvalue weighted by molar-refractivity contribution is 8.00. The van der Waals surface area contributed by atoms with Gasteiger partial charge < -0.3 is 15.4 Å². The second kappa shape index (κ2) is 7.84. The summed E-state index contributed by atoms with van der Waals surface area (Å²) in [4.78, 5) is 19.8. The van der Waals surface area contributed by atoms with Gasteiger partial charge in [0.25, 0.3) is 0 Å². The molecule has 1 heterocycles. The molecule has 2 aromatic rings. The first kappa shape index (κ1) is 17.8. The zero-order valence-corrected chi connectivity index (χ0v) is 14.7. The molecule has 1 unspecified atom stereocenters. The van der Waals surface area contributed by atoms with Gasteiger partial charge in [0.15, 0.2) is 0 Å². The molecule has 0 spiro atoms. The summed E-state index contributed by atoms with van der Waals surface area (Å²) in [6.07, 6.45) is 0.676. The Hall–Kier alpha value is -1.53. The Bertz CT molecular complexity index is 621. The number of benzene rings is 1. The van der Waals surface area contributed by atoms with E-state index >= 15 is 0 Å². The van der Waals surface area contributed by atoms with E-state index in [2.05, 4.69) is 15.3 Å². The Morgan fingerprint density at radius 1 is 1.43 bits per heavy atom. The lowest BCUT2D eigenvalue weighted by molar-refractivity contribution is -0.119. The average Bonchev–Trinajstić information content (AvgIpc) is 2.94. The maximum atomic E-state index is 12.0. The second-order valence-electron chi connectivity index (χ2n) is 6.51. The smallest absolute Gasteiger partial charge is 0.230 e. The van der Waals surface area contributed by atoms with Crippen molar-refractivity contribution in [2.75, 3.05) is 18.9 Å². The minimum absolute atomic E-state index is 0.0176. The van der Waals surface area contributed by atoms with Gasteiger partial charge in [-0.15, -0.1) is 11.8 Å². The summed E-state index contributed by atoms with van der Waals surface area (Å²) in [5.41, 5.74) is 1.88. The zero-order chi connectivity index (χ0) is 16.9. The third-order valence-electron chi connectivity index (χ3n) is 3.81. The molecule has 0 saturated carbocycles. The number of aliphatic hydroxyl groups excluding tert-OH is 1. The van der Waals surface area contributed by atoms with E-state index in [4.69, 9.17) is 5.11 Å². The van der Waals surface area contributed by atoms with Crippen molar-refractivity contribution >= 4 is 28.7 Å². The number of para-hydroxylation sites is 2. The third kappa shape index (κ3) is 5.25.